The van der Waals surface area contributed by atoms with Crippen LogP contribution in [0.3, 0.4) is 0 Å². The Balaban J connectivity index is 1.50. The molecule has 0 amide bonds. The monoisotopic (exact) mass is 410 g/mol. The molecule has 5 rings (SSSR count). The van der Waals surface area contributed by atoms with E-state index in [1.165, 1.54) is 10.9 Å². The highest BCUT2D eigenvalue weighted by atomic mass is 19.3. The Morgan fingerprint density at radius 2 is 1.93 bits per heavy atom. The minimum absolute atomic E-state index is 0.0348. The van der Waals surface area contributed by atoms with Crippen LogP contribution in [0.4, 0.5) is 8.78 Å². The van der Waals surface area contributed by atoms with Crippen LogP contribution in [-0.4, -0.2) is 29.5 Å². The average Bonchev–Trinajstić information content (AvgIpc) is 3.21. The third kappa shape index (κ3) is 3.29. The van der Waals surface area contributed by atoms with Gasteiger partial charge in [-0.25, -0.2) is 8.78 Å². The number of fused-ring (bicyclic) bond motifs is 1. The lowest BCUT2D eigenvalue weighted by molar-refractivity contribution is -0.186. The fourth-order valence-electron chi connectivity index (χ4n) is 5.72. The van der Waals surface area contributed by atoms with Crippen molar-refractivity contribution in [2.45, 2.75) is 51.1 Å². The van der Waals surface area contributed by atoms with Crippen LogP contribution in [0.15, 0.2) is 48.7 Å². The molecule has 5 heteroatoms. The summed E-state index contributed by atoms with van der Waals surface area (Å²) in [6.45, 7) is 3.64. The van der Waals surface area contributed by atoms with Gasteiger partial charge in [-0.2, -0.15) is 0 Å². The molecule has 1 aliphatic heterocycles. The van der Waals surface area contributed by atoms with Crippen molar-refractivity contribution in [3.8, 4) is 5.75 Å². The first kappa shape index (κ1) is 19.6. The van der Waals surface area contributed by atoms with Crippen LogP contribution >= 0.6 is 0 Å². The van der Waals surface area contributed by atoms with Crippen molar-refractivity contribution in [3.63, 3.8) is 0 Å². The van der Waals surface area contributed by atoms with Gasteiger partial charge in [0.15, 0.2) is 0 Å². The second-order valence-corrected chi connectivity index (χ2v) is 9.20. The smallest absolute Gasteiger partial charge is 0.249 e. The normalized spacial score (nSPS) is 22.9. The van der Waals surface area contributed by atoms with E-state index >= 15 is 0 Å². The molecule has 2 aromatic carbocycles. The van der Waals surface area contributed by atoms with Gasteiger partial charge in [-0.1, -0.05) is 30.3 Å². The Morgan fingerprint density at radius 3 is 2.63 bits per heavy atom. The number of rotatable bonds is 4. The third-order valence-electron chi connectivity index (χ3n) is 7.14. The SMILES string of the molecule is COc1cc(C)c2[nH]ccc2c1CN1CCC2(C[C@@H]1c1ccccc1)CC(F)(F)C2. The highest BCUT2D eigenvalue weighted by Crippen LogP contribution is 2.60. The zero-order chi connectivity index (χ0) is 20.9. The van der Waals surface area contributed by atoms with E-state index in [0.29, 0.717) is 0 Å². The van der Waals surface area contributed by atoms with Crippen LogP contribution in [0.25, 0.3) is 10.9 Å². The summed E-state index contributed by atoms with van der Waals surface area (Å²) in [5.41, 5.74) is 4.44. The molecule has 3 nitrogen and oxygen atoms in total. The molecule has 2 fully saturated rings. The van der Waals surface area contributed by atoms with E-state index in [4.69, 9.17) is 4.74 Å². The summed E-state index contributed by atoms with van der Waals surface area (Å²) in [5, 5.41) is 1.18. The lowest BCUT2D eigenvalue weighted by Gasteiger charge is -2.54. The van der Waals surface area contributed by atoms with Crippen molar-refractivity contribution in [2.24, 2.45) is 5.41 Å². The maximum atomic E-state index is 13.8. The van der Waals surface area contributed by atoms with E-state index in [1.807, 2.05) is 24.4 Å². The van der Waals surface area contributed by atoms with Gasteiger partial charge in [-0.05, 0) is 55.0 Å². The second kappa shape index (κ2) is 7.09. The fourth-order valence-corrected chi connectivity index (χ4v) is 5.72. The van der Waals surface area contributed by atoms with E-state index < -0.39 is 5.92 Å². The van der Waals surface area contributed by atoms with Crippen molar-refractivity contribution in [2.75, 3.05) is 13.7 Å². The summed E-state index contributed by atoms with van der Waals surface area (Å²) in [6, 6.07) is 14.7. The molecular formula is C25H28F2N2O. The topological polar surface area (TPSA) is 28.3 Å². The van der Waals surface area contributed by atoms with E-state index in [1.54, 1.807) is 7.11 Å². The van der Waals surface area contributed by atoms with Crippen molar-refractivity contribution in [3.05, 3.63) is 65.4 Å². The van der Waals surface area contributed by atoms with Crippen LogP contribution in [0.2, 0.25) is 0 Å². The highest BCUT2D eigenvalue weighted by molar-refractivity contribution is 5.88. The first-order valence-electron chi connectivity index (χ1n) is 10.7. The summed E-state index contributed by atoms with van der Waals surface area (Å²) in [5.74, 6) is -1.59. The average molecular weight is 411 g/mol. The number of hydrogen-bond acceptors (Lipinski definition) is 2. The van der Waals surface area contributed by atoms with Crippen molar-refractivity contribution in [1.29, 1.82) is 0 Å². The largest absolute Gasteiger partial charge is 0.496 e. The summed E-state index contributed by atoms with van der Waals surface area (Å²) in [7, 11) is 1.72. The van der Waals surface area contributed by atoms with Crippen LogP contribution in [0.5, 0.6) is 5.75 Å². The fraction of sp³-hybridized carbons (Fsp3) is 0.440. The number of hydrogen-bond donors (Lipinski definition) is 1. The number of H-pyrrole nitrogens is 1. The molecule has 1 saturated carbocycles. The number of alkyl halides is 2. The minimum Gasteiger partial charge on any atom is -0.496 e. The zero-order valence-electron chi connectivity index (χ0n) is 17.6. The number of halogens is 2. The summed E-state index contributed by atoms with van der Waals surface area (Å²) in [6.07, 6.45) is 3.66. The first-order chi connectivity index (χ1) is 14.4. The molecule has 2 aliphatic rings. The number of nitrogens with zero attached hydrogens (tertiary/aromatic N) is 1. The van der Waals surface area contributed by atoms with Gasteiger partial charge in [-0.3, -0.25) is 4.90 Å². The number of methoxy groups -OCH3 is 1. The van der Waals surface area contributed by atoms with Crippen molar-refractivity contribution < 1.29 is 13.5 Å². The van der Waals surface area contributed by atoms with Gasteiger partial charge in [-0.15, -0.1) is 0 Å². The Kier molecular flexibility index (Phi) is 4.62. The number of aromatic nitrogens is 1. The molecule has 0 unspecified atom stereocenters. The van der Waals surface area contributed by atoms with Crippen LogP contribution in [-0.2, 0) is 6.54 Å². The molecule has 1 saturated heterocycles. The van der Waals surface area contributed by atoms with E-state index in [0.717, 1.165) is 48.3 Å². The quantitative estimate of drug-likeness (QED) is 0.552. The summed E-state index contributed by atoms with van der Waals surface area (Å²) in [4.78, 5) is 5.80. The maximum absolute atomic E-state index is 13.8. The Morgan fingerprint density at radius 1 is 1.17 bits per heavy atom. The number of ether oxygens (including phenoxy) is 1. The number of likely N-dealkylation sites (tertiary alicyclic amines) is 1. The molecular weight excluding hydrogens is 382 g/mol. The van der Waals surface area contributed by atoms with Gasteiger partial charge in [0.1, 0.15) is 5.75 Å². The van der Waals surface area contributed by atoms with Gasteiger partial charge < -0.3 is 9.72 Å². The van der Waals surface area contributed by atoms with Crippen LogP contribution in [0.1, 0.15) is 48.4 Å². The molecule has 158 valence electrons. The molecule has 3 aromatic rings. The summed E-state index contributed by atoms with van der Waals surface area (Å²) < 4.78 is 33.3. The first-order valence-corrected chi connectivity index (χ1v) is 10.7. The predicted octanol–water partition coefficient (Wildman–Crippen LogP) is 6.24. The van der Waals surface area contributed by atoms with Gasteiger partial charge in [0.25, 0.3) is 0 Å². The van der Waals surface area contributed by atoms with E-state index in [-0.39, 0.29) is 24.3 Å². The molecule has 1 atom stereocenters. The van der Waals surface area contributed by atoms with Gasteiger partial charge in [0, 0.05) is 48.1 Å². The Hall–Kier alpha value is -2.40. The third-order valence-corrected chi connectivity index (χ3v) is 7.14. The van der Waals surface area contributed by atoms with Gasteiger partial charge >= 0.3 is 0 Å². The molecule has 0 bridgehead atoms. The lowest BCUT2D eigenvalue weighted by atomic mass is 9.59. The molecule has 2 heterocycles. The van der Waals surface area contributed by atoms with E-state index in [9.17, 15) is 8.78 Å². The Bertz CT molecular complexity index is 1050. The number of nitrogens with one attached hydrogen (secondary N) is 1. The van der Waals surface area contributed by atoms with Crippen LogP contribution < -0.4 is 4.74 Å². The number of piperidine rings is 1. The highest BCUT2D eigenvalue weighted by Gasteiger charge is 2.58. The number of aryl methyl sites for hydroxylation is 1. The minimum atomic E-state index is -2.49. The van der Waals surface area contributed by atoms with E-state index in [2.05, 4.69) is 41.1 Å². The summed E-state index contributed by atoms with van der Waals surface area (Å²) >= 11 is 0. The number of aromatic amines is 1. The lowest BCUT2D eigenvalue weighted by Crippen LogP contribution is -2.53. The molecule has 1 aromatic heterocycles. The van der Waals surface area contributed by atoms with Crippen molar-refractivity contribution >= 4 is 10.9 Å². The van der Waals surface area contributed by atoms with Gasteiger partial charge in [0.05, 0.1) is 7.11 Å². The van der Waals surface area contributed by atoms with Crippen molar-refractivity contribution in [1.82, 2.24) is 9.88 Å². The van der Waals surface area contributed by atoms with Gasteiger partial charge in [0.2, 0.25) is 5.92 Å². The molecule has 30 heavy (non-hydrogen) atoms. The predicted molar refractivity (Wildman–Crippen MR) is 115 cm³/mol. The Labute approximate surface area is 176 Å². The number of benzene rings is 2. The standard InChI is InChI=1S/C25H28F2N2O/c1-17-12-22(30-2)20(19-8-10-28-23(17)19)14-29-11-9-24(15-25(26,27)16-24)13-21(29)18-6-4-3-5-7-18/h3-8,10,12,21,28H,9,11,13-16H2,1-2H3/t21-/m1/s1. The van der Waals surface area contributed by atoms with Crippen LogP contribution in [0, 0.1) is 12.3 Å². The maximum Gasteiger partial charge on any atom is 0.249 e. The zero-order valence-corrected chi connectivity index (χ0v) is 17.6. The molecule has 1 spiro atoms. The molecule has 1 N–H and O–H groups in total. The molecule has 0 radical (unpaired) electrons. The molecule has 1 aliphatic carbocycles. The second-order valence-electron chi connectivity index (χ2n) is 9.20.